The fraction of sp³-hybridized carbons (Fsp3) is 0.257. The van der Waals surface area contributed by atoms with Gasteiger partial charge in [0, 0.05) is 24.9 Å². The van der Waals surface area contributed by atoms with E-state index < -0.39 is 28.5 Å². The largest absolute Gasteiger partial charge is 0.497 e. The molecule has 242 valence electrons. The van der Waals surface area contributed by atoms with Crippen LogP contribution >= 0.6 is 11.8 Å². The number of nitrogens with one attached hydrogen (secondary N) is 1. The number of amides is 2. The predicted octanol–water partition coefficient (Wildman–Crippen LogP) is 5.40. The van der Waals surface area contributed by atoms with Crippen LogP contribution in [0.25, 0.3) is 0 Å². The van der Waals surface area contributed by atoms with E-state index in [1.54, 1.807) is 61.7 Å². The number of ether oxygens (including phenoxy) is 2. The van der Waals surface area contributed by atoms with Crippen molar-refractivity contribution in [3.63, 3.8) is 0 Å². The van der Waals surface area contributed by atoms with Crippen molar-refractivity contribution in [1.82, 2.24) is 10.2 Å². The molecule has 11 heteroatoms. The average molecular weight is 662 g/mol. The molecule has 0 aliphatic heterocycles. The molecule has 1 N–H and O–H groups in total. The highest BCUT2D eigenvalue weighted by atomic mass is 32.2. The highest BCUT2D eigenvalue weighted by Gasteiger charge is 2.34. The number of sulfonamides is 1. The van der Waals surface area contributed by atoms with E-state index in [2.05, 4.69) is 5.32 Å². The number of likely N-dealkylation sites (N-methyl/N-ethyl adjacent to an activating group) is 1. The van der Waals surface area contributed by atoms with E-state index in [4.69, 9.17) is 9.47 Å². The van der Waals surface area contributed by atoms with Gasteiger partial charge in [-0.1, -0.05) is 42.5 Å². The Morgan fingerprint density at radius 2 is 1.54 bits per heavy atom. The molecule has 0 aliphatic carbocycles. The SMILES string of the molecule is CCOc1ccc(N(CC(=O)N(Cc2cccc(OC)c2)[C@H](Cc2ccccc2)C(=O)NC)S(=O)(=O)c2ccc(SC)cc2)cc1. The number of thioether (sulfide) groups is 1. The van der Waals surface area contributed by atoms with Gasteiger partial charge >= 0.3 is 0 Å². The Bertz CT molecular complexity index is 1700. The molecular formula is C35H39N3O6S2. The second-order valence-electron chi connectivity index (χ2n) is 10.3. The summed E-state index contributed by atoms with van der Waals surface area (Å²) >= 11 is 1.50. The number of anilines is 1. The molecule has 0 saturated carbocycles. The van der Waals surface area contributed by atoms with Crippen molar-refractivity contribution in [2.45, 2.75) is 35.7 Å². The van der Waals surface area contributed by atoms with Gasteiger partial charge in [-0.15, -0.1) is 11.8 Å². The summed E-state index contributed by atoms with van der Waals surface area (Å²) in [5.41, 5.74) is 1.86. The predicted molar refractivity (Wildman–Crippen MR) is 182 cm³/mol. The lowest BCUT2D eigenvalue weighted by atomic mass is 10.0. The van der Waals surface area contributed by atoms with Crippen LogP contribution in [0.5, 0.6) is 11.5 Å². The van der Waals surface area contributed by atoms with Gasteiger partial charge in [-0.05, 0) is 85.0 Å². The molecule has 9 nitrogen and oxygen atoms in total. The minimum absolute atomic E-state index is 0.0402. The van der Waals surface area contributed by atoms with Crippen molar-refractivity contribution in [2.75, 3.05) is 37.9 Å². The Morgan fingerprint density at radius 1 is 0.870 bits per heavy atom. The van der Waals surface area contributed by atoms with Crippen LogP contribution in [0, 0.1) is 0 Å². The quantitative estimate of drug-likeness (QED) is 0.170. The molecule has 0 unspecified atom stereocenters. The third-order valence-electron chi connectivity index (χ3n) is 7.37. The Balaban J connectivity index is 1.79. The first-order valence-corrected chi connectivity index (χ1v) is 17.4. The third-order valence-corrected chi connectivity index (χ3v) is 9.90. The van der Waals surface area contributed by atoms with Crippen molar-refractivity contribution in [3.8, 4) is 11.5 Å². The maximum absolute atomic E-state index is 14.5. The first kappa shape index (κ1) is 34.4. The minimum atomic E-state index is -4.21. The molecule has 2 amide bonds. The molecule has 4 rings (SSSR count). The summed E-state index contributed by atoms with van der Waals surface area (Å²) in [7, 11) is -1.14. The smallest absolute Gasteiger partial charge is 0.264 e. The van der Waals surface area contributed by atoms with E-state index >= 15 is 0 Å². The lowest BCUT2D eigenvalue weighted by Crippen LogP contribution is -2.53. The molecule has 0 aromatic heterocycles. The second kappa shape index (κ2) is 16.2. The first-order valence-electron chi connectivity index (χ1n) is 14.8. The van der Waals surface area contributed by atoms with Crippen molar-refractivity contribution >= 4 is 39.3 Å². The standard InChI is InChI=1S/C35H39N3O6S2/c1-5-44-29-16-14-28(15-17-29)38(46(41,42)32-20-18-31(45-4)19-21-32)25-34(39)37(24-27-12-9-13-30(22-27)43-3)33(35(40)36-2)23-26-10-7-6-8-11-26/h6-22,33H,5,23-25H2,1-4H3,(H,36,40)/t33-/m1/s1. The minimum Gasteiger partial charge on any atom is -0.497 e. The van der Waals surface area contributed by atoms with Gasteiger partial charge in [-0.25, -0.2) is 8.42 Å². The summed E-state index contributed by atoms with van der Waals surface area (Å²) in [6, 6.07) is 28.7. The van der Waals surface area contributed by atoms with Crippen LogP contribution in [0.1, 0.15) is 18.1 Å². The van der Waals surface area contributed by atoms with Crippen molar-refractivity contribution in [1.29, 1.82) is 0 Å². The highest BCUT2D eigenvalue weighted by molar-refractivity contribution is 7.98. The maximum Gasteiger partial charge on any atom is 0.264 e. The summed E-state index contributed by atoms with van der Waals surface area (Å²) < 4.78 is 40.5. The number of rotatable bonds is 15. The van der Waals surface area contributed by atoms with Crippen LogP contribution < -0.4 is 19.1 Å². The van der Waals surface area contributed by atoms with Crippen LogP contribution in [0.15, 0.2) is 113 Å². The topological polar surface area (TPSA) is 105 Å². The number of carbonyl (C=O) groups excluding carboxylic acids is 2. The summed E-state index contributed by atoms with van der Waals surface area (Å²) in [6.07, 6.45) is 2.13. The fourth-order valence-electron chi connectivity index (χ4n) is 4.97. The van der Waals surface area contributed by atoms with Gasteiger partial charge in [0.1, 0.15) is 24.1 Å². The van der Waals surface area contributed by atoms with Gasteiger partial charge in [0.2, 0.25) is 11.8 Å². The van der Waals surface area contributed by atoms with Crippen molar-refractivity contribution in [2.24, 2.45) is 0 Å². The van der Waals surface area contributed by atoms with Crippen molar-refractivity contribution < 1.29 is 27.5 Å². The molecule has 0 saturated heterocycles. The van der Waals surface area contributed by atoms with Gasteiger partial charge in [0.25, 0.3) is 10.0 Å². The Kier molecular flexibility index (Phi) is 12.1. The van der Waals surface area contributed by atoms with Crippen LogP contribution in [0.3, 0.4) is 0 Å². The fourth-order valence-corrected chi connectivity index (χ4v) is 6.79. The molecule has 0 heterocycles. The van der Waals surface area contributed by atoms with E-state index in [1.165, 1.54) is 35.8 Å². The molecule has 46 heavy (non-hydrogen) atoms. The lowest BCUT2D eigenvalue weighted by molar-refractivity contribution is -0.139. The normalized spacial score (nSPS) is 11.7. The number of hydrogen-bond donors (Lipinski definition) is 1. The van der Waals surface area contributed by atoms with Crippen LogP contribution in [0.2, 0.25) is 0 Å². The number of methoxy groups -OCH3 is 1. The zero-order chi connectivity index (χ0) is 33.1. The van der Waals surface area contributed by atoms with E-state index in [0.717, 1.165) is 20.3 Å². The number of hydrogen-bond acceptors (Lipinski definition) is 7. The molecule has 4 aromatic carbocycles. The average Bonchev–Trinajstić information content (AvgIpc) is 3.09. The first-order chi connectivity index (χ1) is 22.2. The van der Waals surface area contributed by atoms with E-state index in [0.29, 0.717) is 18.1 Å². The summed E-state index contributed by atoms with van der Waals surface area (Å²) in [5.74, 6) is 0.243. The summed E-state index contributed by atoms with van der Waals surface area (Å²) in [5, 5.41) is 2.69. The number of carbonyl (C=O) groups is 2. The molecular weight excluding hydrogens is 623 g/mol. The Morgan fingerprint density at radius 3 is 2.15 bits per heavy atom. The summed E-state index contributed by atoms with van der Waals surface area (Å²) in [6.45, 7) is 1.80. The monoisotopic (exact) mass is 661 g/mol. The highest BCUT2D eigenvalue weighted by Crippen LogP contribution is 2.28. The van der Waals surface area contributed by atoms with E-state index in [1.807, 2.05) is 49.6 Å². The second-order valence-corrected chi connectivity index (χ2v) is 13.0. The Labute approximate surface area is 275 Å². The third kappa shape index (κ3) is 8.61. The van der Waals surface area contributed by atoms with Gasteiger partial charge in [0.15, 0.2) is 0 Å². The van der Waals surface area contributed by atoms with Gasteiger partial charge in [-0.2, -0.15) is 0 Å². The van der Waals surface area contributed by atoms with Gasteiger partial charge in [-0.3, -0.25) is 13.9 Å². The molecule has 0 spiro atoms. The van der Waals surface area contributed by atoms with E-state index in [9.17, 15) is 18.0 Å². The van der Waals surface area contributed by atoms with Gasteiger partial charge in [0.05, 0.1) is 24.3 Å². The van der Waals surface area contributed by atoms with Crippen LogP contribution in [-0.4, -0.2) is 64.7 Å². The van der Waals surface area contributed by atoms with Crippen LogP contribution in [-0.2, 0) is 32.6 Å². The van der Waals surface area contributed by atoms with E-state index in [-0.39, 0.29) is 29.5 Å². The Hall–Kier alpha value is -4.48. The zero-order valence-electron chi connectivity index (χ0n) is 26.4. The molecule has 0 aliphatic rings. The van der Waals surface area contributed by atoms with Crippen LogP contribution in [0.4, 0.5) is 5.69 Å². The number of benzene rings is 4. The lowest BCUT2D eigenvalue weighted by Gasteiger charge is -2.33. The molecule has 0 radical (unpaired) electrons. The van der Waals surface area contributed by atoms with Gasteiger partial charge < -0.3 is 19.7 Å². The van der Waals surface area contributed by atoms with Crippen molar-refractivity contribution in [3.05, 3.63) is 114 Å². The summed E-state index contributed by atoms with van der Waals surface area (Å²) in [4.78, 5) is 30.3. The molecule has 0 bridgehead atoms. The number of nitrogens with zero attached hydrogens (tertiary/aromatic N) is 2. The molecule has 1 atom stereocenters. The zero-order valence-corrected chi connectivity index (χ0v) is 28.0. The molecule has 0 fully saturated rings. The maximum atomic E-state index is 14.5. The molecule has 4 aromatic rings.